The Kier molecular flexibility index (Phi) is 9.81. The minimum absolute atomic E-state index is 0.104. The van der Waals surface area contributed by atoms with Gasteiger partial charge in [0, 0.05) is 12.1 Å². The first kappa shape index (κ1) is 16.9. The Hall–Kier alpha value is -1.18. The maximum atomic E-state index is 8.56. The number of ether oxygens (including phenoxy) is 1. The van der Waals surface area contributed by atoms with Crippen molar-refractivity contribution in [3.8, 4) is 11.8 Å². The van der Waals surface area contributed by atoms with E-state index >= 15 is 0 Å². The van der Waals surface area contributed by atoms with Gasteiger partial charge in [-0.2, -0.15) is 17.0 Å². The van der Waals surface area contributed by atoms with E-state index in [1.807, 2.05) is 42.1 Å². The highest BCUT2D eigenvalue weighted by Gasteiger charge is 2.01. The van der Waals surface area contributed by atoms with E-state index < -0.39 is 0 Å². The molecular formula is C16H24N2OS. The van der Waals surface area contributed by atoms with E-state index in [0.29, 0.717) is 0 Å². The number of thioether (sulfide) groups is 1. The Balaban J connectivity index is 2.17. The van der Waals surface area contributed by atoms with Gasteiger partial charge in [0.1, 0.15) is 11.8 Å². The molecule has 0 spiro atoms. The normalized spacial score (nSPS) is 10.2. The third kappa shape index (κ3) is 7.42. The molecule has 0 aromatic heterocycles. The first-order chi connectivity index (χ1) is 9.88. The van der Waals surface area contributed by atoms with Crippen molar-refractivity contribution in [3.63, 3.8) is 0 Å². The van der Waals surface area contributed by atoms with Crippen LogP contribution in [0.25, 0.3) is 0 Å². The monoisotopic (exact) mass is 292 g/mol. The molecule has 1 aromatic carbocycles. The van der Waals surface area contributed by atoms with Gasteiger partial charge in [0.05, 0.1) is 0 Å². The summed E-state index contributed by atoms with van der Waals surface area (Å²) < 4.78 is 5.41. The zero-order valence-corrected chi connectivity index (χ0v) is 13.0. The van der Waals surface area contributed by atoms with Crippen molar-refractivity contribution in [2.24, 2.45) is 0 Å². The molecular weight excluding hydrogens is 268 g/mol. The van der Waals surface area contributed by atoms with Crippen molar-refractivity contribution >= 4 is 11.8 Å². The summed E-state index contributed by atoms with van der Waals surface area (Å²) in [4.78, 5) is 0. The Morgan fingerprint density at radius 1 is 1.20 bits per heavy atom. The topological polar surface area (TPSA) is 45.0 Å². The number of rotatable bonds is 11. The minimum atomic E-state index is 0.104. The number of hydrogen-bond acceptors (Lipinski definition) is 4. The van der Waals surface area contributed by atoms with Gasteiger partial charge >= 0.3 is 0 Å². The standard InChI is InChI=1S/C16H24N2OS/c1-20-13-7-3-2-6-11-18-14-15-8-4-5-9-16(15)19-12-10-17/h4-5,8-9,18H,2-3,6-7,11-14H2,1H3. The van der Waals surface area contributed by atoms with Crippen molar-refractivity contribution in [1.82, 2.24) is 5.32 Å². The highest BCUT2D eigenvalue weighted by Crippen LogP contribution is 2.17. The lowest BCUT2D eigenvalue weighted by molar-refractivity contribution is 0.362. The van der Waals surface area contributed by atoms with Crippen LogP contribution in [0.5, 0.6) is 5.75 Å². The maximum Gasteiger partial charge on any atom is 0.174 e. The molecule has 3 nitrogen and oxygen atoms in total. The molecule has 110 valence electrons. The third-order valence-corrected chi connectivity index (χ3v) is 3.73. The van der Waals surface area contributed by atoms with Crippen LogP contribution in [-0.2, 0) is 6.54 Å². The van der Waals surface area contributed by atoms with E-state index in [9.17, 15) is 0 Å². The second kappa shape index (κ2) is 11.6. The van der Waals surface area contributed by atoms with Crippen molar-refractivity contribution in [2.45, 2.75) is 32.2 Å². The van der Waals surface area contributed by atoms with Crippen molar-refractivity contribution < 1.29 is 4.74 Å². The fourth-order valence-corrected chi connectivity index (χ4v) is 2.47. The smallest absolute Gasteiger partial charge is 0.174 e. The Morgan fingerprint density at radius 2 is 2.00 bits per heavy atom. The van der Waals surface area contributed by atoms with E-state index in [1.54, 1.807) is 0 Å². The number of nitrogens with one attached hydrogen (secondary N) is 1. The molecule has 0 saturated carbocycles. The molecule has 0 fully saturated rings. The van der Waals surface area contributed by atoms with Gasteiger partial charge in [-0.25, -0.2) is 0 Å². The number of hydrogen-bond donors (Lipinski definition) is 1. The van der Waals surface area contributed by atoms with Gasteiger partial charge in [-0.15, -0.1) is 0 Å². The summed E-state index contributed by atoms with van der Waals surface area (Å²) in [6, 6.07) is 9.88. The van der Waals surface area contributed by atoms with Gasteiger partial charge in [-0.05, 0) is 37.5 Å². The van der Waals surface area contributed by atoms with E-state index in [2.05, 4.69) is 11.6 Å². The summed E-state index contributed by atoms with van der Waals surface area (Å²) in [6.07, 6.45) is 7.32. The van der Waals surface area contributed by atoms with Crippen LogP contribution in [0, 0.1) is 11.3 Å². The fourth-order valence-electron chi connectivity index (χ4n) is 1.97. The Bertz CT molecular complexity index is 404. The van der Waals surface area contributed by atoms with Gasteiger partial charge in [0.15, 0.2) is 6.61 Å². The second-order valence-electron chi connectivity index (χ2n) is 4.64. The predicted octanol–water partition coefficient (Wildman–Crippen LogP) is 3.60. The molecule has 0 heterocycles. The van der Waals surface area contributed by atoms with Gasteiger partial charge < -0.3 is 10.1 Å². The summed E-state index contributed by atoms with van der Waals surface area (Å²) >= 11 is 1.92. The molecule has 0 bridgehead atoms. The number of benzene rings is 1. The first-order valence-corrected chi connectivity index (χ1v) is 8.55. The summed E-state index contributed by atoms with van der Waals surface area (Å²) in [5, 5.41) is 12.0. The van der Waals surface area contributed by atoms with Crippen LogP contribution >= 0.6 is 11.8 Å². The number of para-hydroxylation sites is 1. The molecule has 1 aromatic rings. The largest absolute Gasteiger partial charge is 0.478 e. The SMILES string of the molecule is CSCCCCCCNCc1ccccc1OCC#N. The number of nitriles is 1. The molecule has 0 aliphatic heterocycles. The molecule has 1 rings (SSSR count). The molecule has 0 amide bonds. The molecule has 20 heavy (non-hydrogen) atoms. The van der Waals surface area contributed by atoms with E-state index in [-0.39, 0.29) is 6.61 Å². The van der Waals surface area contributed by atoms with E-state index in [4.69, 9.17) is 10.00 Å². The van der Waals surface area contributed by atoms with Gasteiger partial charge in [-0.3, -0.25) is 0 Å². The molecule has 1 N–H and O–H groups in total. The Morgan fingerprint density at radius 3 is 2.80 bits per heavy atom. The number of unbranched alkanes of at least 4 members (excludes halogenated alkanes) is 3. The molecule has 0 radical (unpaired) electrons. The van der Waals surface area contributed by atoms with Gasteiger partial charge in [0.25, 0.3) is 0 Å². The summed E-state index contributed by atoms with van der Waals surface area (Å²) in [5.74, 6) is 2.08. The van der Waals surface area contributed by atoms with Gasteiger partial charge in [-0.1, -0.05) is 31.0 Å². The van der Waals surface area contributed by atoms with Crippen LogP contribution in [0.15, 0.2) is 24.3 Å². The summed E-state index contributed by atoms with van der Waals surface area (Å²) in [6.45, 7) is 1.94. The first-order valence-electron chi connectivity index (χ1n) is 7.15. The average molecular weight is 292 g/mol. The zero-order chi connectivity index (χ0) is 14.5. The molecule has 0 aliphatic carbocycles. The van der Waals surface area contributed by atoms with Crippen molar-refractivity contribution in [2.75, 3.05) is 25.2 Å². The summed E-state index contributed by atoms with van der Waals surface area (Å²) in [7, 11) is 0. The van der Waals surface area contributed by atoms with Crippen LogP contribution in [0.2, 0.25) is 0 Å². The highest BCUT2D eigenvalue weighted by molar-refractivity contribution is 7.98. The quantitative estimate of drug-likeness (QED) is 0.633. The Labute approximate surface area is 126 Å². The van der Waals surface area contributed by atoms with Crippen molar-refractivity contribution in [3.05, 3.63) is 29.8 Å². The summed E-state index contributed by atoms with van der Waals surface area (Å²) in [5.41, 5.74) is 1.12. The van der Waals surface area contributed by atoms with Crippen LogP contribution in [-0.4, -0.2) is 25.2 Å². The fraction of sp³-hybridized carbons (Fsp3) is 0.562. The lowest BCUT2D eigenvalue weighted by Gasteiger charge is -2.10. The highest BCUT2D eigenvalue weighted by atomic mass is 32.2. The third-order valence-electron chi connectivity index (χ3n) is 3.03. The molecule has 0 unspecified atom stereocenters. The molecule has 4 heteroatoms. The van der Waals surface area contributed by atoms with Crippen molar-refractivity contribution in [1.29, 1.82) is 5.26 Å². The average Bonchev–Trinajstić information content (AvgIpc) is 2.49. The predicted molar refractivity (Wildman–Crippen MR) is 86.1 cm³/mol. The minimum Gasteiger partial charge on any atom is -0.478 e. The van der Waals surface area contributed by atoms with Crippen LogP contribution in [0.1, 0.15) is 31.2 Å². The van der Waals surface area contributed by atoms with E-state index in [1.165, 1.54) is 31.4 Å². The zero-order valence-electron chi connectivity index (χ0n) is 12.2. The van der Waals surface area contributed by atoms with Crippen LogP contribution in [0.4, 0.5) is 0 Å². The number of nitrogens with zero attached hydrogens (tertiary/aromatic N) is 1. The van der Waals surface area contributed by atoms with Crippen LogP contribution in [0.3, 0.4) is 0 Å². The molecule has 0 atom stereocenters. The lowest BCUT2D eigenvalue weighted by Crippen LogP contribution is -2.15. The molecule has 0 saturated heterocycles. The lowest BCUT2D eigenvalue weighted by atomic mass is 10.2. The molecule has 0 aliphatic rings. The van der Waals surface area contributed by atoms with Crippen LogP contribution < -0.4 is 10.1 Å². The van der Waals surface area contributed by atoms with Gasteiger partial charge in [0.2, 0.25) is 0 Å². The second-order valence-corrected chi connectivity index (χ2v) is 5.62. The maximum absolute atomic E-state index is 8.56. The van der Waals surface area contributed by atoms with E-state index in [0.717, 1.165) is 24.4 Å².